The lowest BCUT2D eigenvalue weighted by Gasteiger charge is -2.23. The minimum atomic E-state index is -0.261. The number of halogens is 1. The van der Waals surface area contributed by atoms with E-state index in [-0.39, 0.29) is 29.6 Å². The van der Waals surface area contributed by atoms with Crippen LogP contribution in [-0.2, 0) is 17.9 Å². The van der Waals surface area contributed by atoms with E-state index in [4.69, 9.17) is 15.2 Å². The summed E-state index contributed by atoms with van der Waals surface area (Å²) in [5, 5.41) is 3.14. The monoisotopic (exact) mass is 469 g/mol. The van der Waals surface area contributed by atoms with Crippen LogP contribution in [0.5, 0.6) is 5.75 Å². The molecule has 0 bridgehead atoms. The molecule has 3 N–H and O–H groups in total. The second-order valence-electron chi connectivity index (χ2n) is 6.74. The molecule has 0 spiro atoms. The zero-order chi connectivity index (χ0) is 18.3. The summed E-state index contributed by atoms with van der Waals surface area (Å²) < 4.78 is 11.2. The Hall–Kier alpha value is -1.80. The summed E-state index contributed by atoms with van der Waals surface area (Å²) >= 11 is 0. The molecule has 0 atom stereocenters. The van der Waals surface area contributed by atoms with Gasteiger partial charge in [0.2, 0.25) is 0 Å². The van der Waals surface area contributed by atoms with Crippen molar-refractivity contribution in [3.8, 4) is 5.75 Å². The highest BCUT2D eigenvalue weighted by Crippen LogP contribution is 2.23. The van der Waals surface area contributed by atoms with Crippen LogP contribution in [0.4, 0.5) is 5.69 Å². The quantitative estimate of drug-likeness (QED) is 0.370. The first-order valence-electron chi connectivity index (χ1n) is 8.30. The standard InChI is InChI=1S/C20H27N3O2.HI/c1-20(2,3)25-18-12-8-6-9-15(18)13-22-19(21)23-17-11-7-5-10-16(17)14-24-4;/h5-12H,13-14H2,1-4H3,(H3,21,22,23);1H. The van der Waals surface area contributed by atoms with Gasteiger partial charge >= 0.3 is 0 Å². The van der Waals surface area contributed by atoms with Gasteiger partial charge in [-0.25, -0.2) is 4.99 Å². The Morgan fingerprint density at radius 2 is 1.65 bits per heavy atom. The maximum absolute atomic E-state index is 6.05. The molecule has 0 heterocycles. The second-order valence-corrected chi connectivity index (χ2v) is 6.74. The summed E-state index contributed by atoms with van der Waals surface area (Å²) in [5.74, 6) is 1.18. The molecule has 0 amide bonds. The highest BCUT2D eigenvalue weighted by molar-refractivity contribution is 14.0. The minimum Gasteiger partial charge on any atom is -0.488 e. The van der Waals surface area contributed by atoms with Gasteiger partial charge in [-0.05, 0) is 32.9 Å². The van der Waals surface area contributed by atoms with Crippen molar-refractivity contribution in [3.05, 3.63) is 59.7 Å². The molecule has 0 fully saturated rings. The van der Waals surface area contributed by atoms with Gasteiger partial charge in [0.25, 0.3) is 0 Å². The lowest BCUT2D eigenvalue weighted by molar-refractivity contribution is 0.129. The third-order valence-corrected chi connectivity index (χ3v) is 3.39. The Morgan fingerprint density at radius 3 is 2.31 bits per heavy atom. The van der Waals surface area contributed by atoms with Crippen molar-refractivity contribution in [1.82, 2.24) is 0 Å². The zero-order valence-corrected chi connectivity index (χ0v) is 18.1. The van der Waals surface area contributed by atoms with Gasteiger partial charge in [0.1, 0.15) is 11.4 Å². The van der Waals surface area contributed by atoms with Crippen molar-refractivity contribution < 1.29 is 9.47 Å². The summed E-state index contributed by atoms with van der Waals surface area (Å²) in [7, 11) is 1.67. The van der Waals surface area contributed by atoms with E-state index in [1.54, 1.807) is 7.11 Å². The fraction of sp³-hybridized carbons (Fsp3) is 0.350. The maximum Gasteiger partial charge on any atom is 0.193 e. The van der Waals surface area contributed by atoms with Crippen molar-refractivity contribution in [3.63, 3.8) is 0 Å². The normalized spacial score (nSPS) is 11.6. The largest absolute Gasteiger partial charge is 0.488 e. The highest BCUT2D eigenvalue weighted by Gasteiger charge is 2.14. The molecule has 0 aliphatic rings. The van der Waals surface area contributed by atoms with Crippen LogP contribution in [0.25, 0.3) is 0 Å². The average molecular weight is 469 g/mol. The summed E-state index contributed by atoms with van der Waals surface area (Å²) in [5.41, 5.74) is 8.71. The van der Waals surface area contributed by atoms with Gasteiger partial charge in [0.15, 0.2) is 5.96 Å². The van der Waals surface area contributed by atoms with Crippen molar-refractivity contribution >= 4 is 35.6 Å². The number of anilines is 1. The van der Waals surface area contributed by atoms with Crippen molar-refractivity contribution in [2.24, 2.45) is 10.7 Å². The smallest absolute Gasteiger partial charge is 0.193 e. The Bertz CT molecular complexity index is 727. The molecule has 2 aromatic carbocycles. The molecule has 0 saturated carbocycles. The van der Waals surface area contributed by atoms with Gasteiger partial charge in [0, 0.05) is 23.9 Å². The average Bonchev–Trinajstić information content (AvgIpc) is 2.55. The minimum absolute atomic E-state index is 0. The van der Waals surface area contributed by atoms with E-state index in [9.17, 15) is 0 Å². The lowest BCUT2D eigenvalue weighted by Crippen LogP contribution is -2.24. The van der Waals surface area contributed by atoms with Gasteiger partial charge in [-0.15, -0.1) is 24.0 Å². The molecular formula is C20H28IN3O2. The number of methoxy groups -OCH3 is 1. The number of guanidine groups is 1. The SMILES string of the molecule is COCc1ccccc1NC(N)=NCc1ccccc1OC(C)(C)C.I. The van der Waals surface area contributed by atoms with Gasteiger partial charge in [-0.3, -0.25) is 0 Å². The topological polar surface area (TPSA) is 68.9 Å². The van der Waals surface area contributed by atoms with E-state index in [2.05, 4.69) is 10.3 Å². The van der Waals surface area contributed by atoms with E-state index < -0.39 is 0 Å². The molecule has 0 aliphatic carbocycles. The number of hydrogen-bond acceptors (Lipinski definition) is 3. The Labute approximate surface area is 173 Å². The van der Waals surface area contributed by atoms with Gasteiger partial charge in [0.05, 0.1) is 13.2 Å². The second kappa shape index (κ2) is 10.4. The predicted octanol–water partition coefficient (Wildman–Crippen LogP) is 4.56. The van der Waals surface area contributed by atoms with Crippen LogP contribution < -0.4 is 15.8 Å². The molecule has 142 valence electrons. The summed E-state index contributed by atoms with van der Waals surface area (Å²) in [4.78, 5) is 4.44. The summed E-state index contributed by atoms with van der Waals surface area (Å²) in [6, 6.07) is 15.7. The van der Waals surface area contributed by atoms with E-state index in [1.807, 2.05) is 69.3 Å². The fourth-order valence-corrected chi connectivity index (χ4v) is 2.34. The number of para-hydroxylation sites is 2. The molecule has 0 radical (unpaired) electrons. The molecule has 6 heteroatoms. The third-order valence-electron chi connectivity index (χ3n) is 3.39. The number of ether oxygens (including phenoxy) is 2. The molecule has 0 aromatic heterocycles. The van der Waals surface area contributed by atoms with Crippen molar-refractivity contribution in [2.75, 3.05) is 12.4 Å². The number of nitrogens with two attached hydrogens (primary N) is 1. The van der Waals surface area contributed by atoms with Crippen LogP contribution in [0.3, 0.4) is 0 Å². The van der Waals surface area contributed by atoms with Crippen LogP contribution >= 0.6 is 24.0 Å². The van der Waals surface area contributed by atoms with Crippen LogP contribution in [0.2, 0.25) is 0 Å². The predicted molar refractivity (Wildman–Crippen MR) is 118 cm³/mol. The van der Waals surface area contributed by atoms with Gasteiger partial charge in [-0.2, -0.15) is 0 Å². The third kappa shape index (κ3) is 7.21. The molecule has 26 heavy (non-hydrogen) atoms. The molecular weight excluding hydrogens is 441 g/mol. The van der Waals surface area contributed by atoms with Gasteiger partial charge in [-0.1, -0.05) is 36.4 Å². The van der Waals surface area contributed by atoms with Crippen LogP contribution in [0, 0.1) is 0 Å². The number of benzene rings is 2. The maximum atomic E-state index is 6.05. The van der Waals surface area contributed by atoms with E-state index >= 15 is 0 Å². The molecule has 2 rings (SSSR count). The first-order chi connectivity index (χ1) is 11.9. The van der Waals surface area contributed by atoms with E-state index in [1.165, 1.54) is 0 Å². The van der Waals surface area contributed by atoms with E-state index in [0.717, 1.165) is 22.6 Å². The van der Waals surface area contributed by atoms with Crippen LogP contribution in [-0.4, -0.2) is 18.7 Å². The van der Waals surface area contributed by atoms with Crippen LogP contribution in [0.15, 0.2) is 53.5 Å². The van der Waals surface area contributed by atoms with Gasteiger partial charge < -0.3 is 20.5 Å². The fourth-order valence-electron chi connectivity index (χ4n) is 2.34. The molecule has 0 aliphatic heterocycles. The van der Waals surface area contributed by atoms with Crippen molar-refractivity contribution in [2.45, 2.75) is 39.5 Å². The van der Waals surface area contributed by atoms with Crippen molar-refractivity contribution in [1.29, 1.82) is 0 Å². The molecule has 0 unspecified atom stereocenters. The lowest BCUT2D eigenvalue weighted by atomic mass is 10.1. The Morgan fingerprint density at radius 1 is 1.04 bits per heavy atom. The number of rotatable bonds is 6. The Kier molecular flexibility index (Phi) is 8.87. The molecule has 2 aromatic rings. The first kappa shape index (κ1) is 22.2. The number of nitrogens with zero attached hydrogens (tertiary/aromatic N) is 1. The first-order valence-corrected chi connectivity index (χ1v) is 8.30. The number of nitrogens with one attached hydrogen (secondary N) is 1. The summed E-state index contributed by atoms with van der Waals surface area (Å²) in [6.45, 7) is 7.03. The van der Waals surface area contributed by atoms with E-state index in [0.29, 0.717) is 19.1 Å². The summed E-state index contributed by atoms with van der Waals surface area (Å²) in [6.07, 6.45) is 0. The number of aliphatic imine (C=N–C) groups is 1. The Balaban J connectivity index is 0.00000338. The zero-order valence-electron chi connectivity index (χ0n) is 15.8. The highest BCUT2D eigenvalue weighted by atomic mass is 127. The number of hydrogen-bond donors (Lipinski definition) is 2. The molecule has 0 saturated heterocycles. The molecule has 5 nitrogen and oxygen atoms in total. The van der Waals surface area contributed by atoms with Crippen LogP contribution in [0.1, 0.15) is 31.9 Å².